The van der Waals surface area contributed by atoms with E-state index in [-0.39, 0.29) is 0 Å². The average Bonchev–Trinajstić information content (AvgIpc) is 2.19. The molecule has 1 amide bonds. The molecule has 1 aromatic carbocycles. The molecular weight excluding hydrogens is 270 g/mol. The Morgan fingerprint density at radius 2 is 1.94 bits per heavy atom. The molecule has 0 saturated heterocycles. The van der Waals surface area contributed by atoms with Gasteiger partial charge in [-0.15, -0.1) is 0 Å². The van der Waals surface area contributed by atoms with E-state index in [0.29, 0.717) is 6.41 Å². The van der Waals surface area contributed by atoms with Crippen molar-refractivity contribution < 1.29 is 4.79 Å². The highest BCUT2D eigenvalue weighted by Crippen LogP contribution is 2.31. The molecule has 88 valence electrons. The Hall–Kier alpha value is -0.640. The number of carbonyl (C=O) groups is 1. The van der Waals surface area contributed by atoms with Gasteiger partial charge in [0.15, 0.2) is 0 Å². The Balaban J connectivity index is 2.84. The normalized spacial score (nSPS) is 13.0. The number of nitrogens with one attached hydrogen (secondary N) is 2. The first-order valence-corrected chi connectivity index (χ1v) is 5.67. The first-order chi connectivity index (χ1) is 7.45. The molecule has 1 aromatic rings. The molecule has 0 aliphatic carbocycles. The number of halogens is 3. The summed E-state index contributed by atoms with van der Waals surface area (Å²) < 4.78 is -1.62. The molecule has 0 aromatic heterocycles. The minimum Gasteiger partial charge on any atom is -0.362 e. The summed E-state index contributed by atoms with van der Waals surface area (Å²) in [7, 11) is 0. The average molecular weight is 282 g/mol. The summed E-state index contributed by atoms with van der Waals surface area (Å²) in [6.07, 6.45) is -0.297. The van der Waals surface area contributed by atoms with E-state index in [0.717, 1.165) is 11.3 Å². The molecule has 6 heteroatoms. The molecule has 0 heterocycles. The van der Waals surface area contributed by atoms with Crippen LogP contribution in [-0.4, -0.2) is 16.4 Å². The number of anilines is 1. The van der Waals surface area contributed by atoms with Crippen LogP contribution in [0.15, 0.2) is 24.3 Å². The second kappa shape index (κ2) is 5.62. The first kappa shape index (κ1) is 13.4. The lowest BCUT2D eigenvalue weighted by molar-refractivity contribution is -0.110. The largest absolute Gasteiger partial charge is 0.362 e. The van der Waals surface area contributed by atoms with Crippen molar-refractivity contribution in [2.45, 2.75) is 16.9 Å². The predicted octanol–water partition coefficient (Wildman–Crippen LogP) is 2.85. The van der Waals surface area contributed by atoms with E-state index >= 15 is 0 Å². The molecule has 0 fully saturated rings. The maximum atomic E-state index is 10.4. The molecule has 16 heavy (non-hydrogen) atoms. The van der Waals surface area contributed by atoms with Crippen LogP contribution in [0.5, 0.6) is 0 Å². The van der Waals surface area contributed by atoms with Gasteiger partial charge in [0, 0.05) is 5.69 Å². The molecule has 1 unspecified atom stereocenters. The predicted molar refractivity (Wildman–Crippen MR) is 68.1 cm³/mol. The summed E-state index contributed by atoms with van der Waals surface area (Å²) in [6.45, 7) is 1.92. The van der Waals surface area contributed by atoms with Gasteiger partial charge < -0.3 is 10.6 Å². The number of benzene rings is 1. The zero-order valence-corrected chi connectivity index (χ0v) is 10.8. The van der Waals surface area contributed by atoms with Crippen LogP contribution in [0.3, 0.4) is 0 Å². The second-order valence-corrected chi connectivity index (χ2v) is 5.59. The van der Waals surface area contributed by atoms with Crippen LogP contribution in [-0.2, 0) is 4.79 Å². The molecule has 0 bridgehead atoms. The number of para-hydroxylation sites is 1. The van der Waals surface area contributed by atoms with E-state index in [1.807, 2.05) is 31.2 Å². The lowest BCUT2D eigenvalue weighted by atomic mass is 10.2. The quantitative estimate of drug-likeness (QED) is 0.506. The van der Waals surface area contributed by atoms with Gasteiger partial charge in [0.25, 0.3) is 0 Å². The minimum absolute atomic E-state index is 0.484. The van der Waals surface area contributed by atoms with Crippen molar-refractivity contribution >= 4 is 46.9 Å². The topological polar surface area (TPSA) is 41.1 Å². The molecule has 0 aliphatic heterocycles. The molecule has 0 spiro atoms. The molecule has 1 rings (SSSR count). The van der Waals surface area contributed by atoms with Gasteiger partial charge in [0.1, 0.15) is 6.17 Å². The maximum absolute atomic E-state index is 10.4. The number of rotatable bonds is 4. The maximum Gasteiger partial charge on any atom is 0.228 e. The van der Waals surface area contributed by atoms with Crippen molar-refractivity contribution in [3.05, 3.63) is 29.8 Å². The van der Waals surface area contributed by atoms with Gasteiger partial charge in [-0.3, -0.25) is 4.79 Å². The van der Waals surface area contributed by atoms with Gasteiger partial charge in [-0.1, -0.05) is 53.0 Å². The van der Waals surface area contributed by atoms with Crippen LogP contribution in [0.25, 0.3) is 0 Å². The van der Waals surface area contributed by atoms with Gasteiger partial charge >= 0.3 is 0 Å². The third-order valence-electron chi connectivity index (χ3n) is 2.01. The highest BCUT2D eigenvalue weighted by Gasteiger charge is 2.32. The van der Waals surface area contributed by atoms with Crippen LogP contribution in [0.4, 0.5) is 5.69 Å². The number of alkyl halides is 3. The van der Waals surface area contributed by atoms with Crippen LogP contribution < -0.4 is 10.6 Å². The van der Waals surface area contributed by atoms with Crippen LogP contribution >= 0.6 is 34.8 Å². The molecule has 2 N–H and O–H groups in total. The summed E-state index contributed by atoms with van der Waals surface area (Å²) in [6, 6.07) is 7.51. The Labute approximate surface area is 109 Å². The van der Waals surface area contributed by atoms with Crippen LogP contribution in [0.2, 0.25) is 0 Å². The molecule has 1 atom stereocenters. The Bertz CT molecular complexity index is 365. The highest BCUT2D eigenvalue weighted by atomic mass is 35.6. The van der Waals surface area contributed by atoms with E-state index in [4.69, 9.17) is 34.8 Å². The molecule has 3 nitrogen and oxygen atoms in total. The van der Waals surface area contributed by atoms with Gasteiger partial charge in [-0.25, -0.2) is 0 Å². The summed E-state index contributed by atoms with van der Waals surface area (Å²) >= 11 is 17.2. The number of hydrogen-bond acceptors (Lipinski definition) is 2. The first-order valence-electron chi connectivity index (χ1n) is 4.53. The molecular formula is C10H11Cl3N2O. The summed E-state index contributed by atoms with van der Waals surface area (Å²) in [4.78, 5) is 10.4. The Kier molecular flexibility index (Phi) is 4.71. The van der Waals surface area contributed by atoms with Crippen LogP contribution in [0, 0.1) is 6.92 Å². The highest BCUT2D eigenvalue weighted by molar-refractivity contribution is 6.68. The third kappa shape index (κ3) is 3.74. The van der Waals surface area contributed by atoms with E-state index in [1.54, 1.807) is 0 Å². The molecule has 0 radical (unpaired) electrons. The lowest BCUT2D eigenvalue weighted by Crippen LogP contribution is -2.45. The third-order valence-corrected chi connectivity index (χ3v) is 2.66. The van der Waals surface area contributed by atoms with E-state index in [2.05, 4.69) is 10.6 Å². The van der Waals surface area contributed by atoms with Crippen molar-refractivity contribution in [2.24, 2.45) is 0 Å². The smallest absolute Gasteiger partial charge is 0.228 e. The fourth-order valence-corrected chi connectivity index (χ4v) is 1.53. The summed E-state index contributed by atoms with van der Waals surface area (Å²) in [5.74, 6) is 0. The molecule has 0 aliphatic rings. The van der Waals surface area contributed by atoms with Crippen molar-refractivity contribution in [2.75, 3.05) is 5.32 Å². The van der Waals surface area contributed by atoms with Crippen molar-refractivity contribution in [3.63, 3.8) is 0 Å². The van der Waals surface area contributed by atoms with E-state index in [9.17, 15) is 4.79 Å². The van der Waals surface area contributed by atoms with Crippen molar-refractivity contribution in [3.8, 4) is 0 Å². The summed E-state index contributed by atoms with van der Waals surface area (Å²) in [5.41, 5.74) is 1.79. The van der Waals surface area contributed by atoms with Gasteiger partial charge in [0.2, 0.25) is 10.2 Å². The number of hydrogen-bond donors (Lipinski definition) is 2. The zero-order valence-electron chi connectivity index (χ0n) is 8.51. The second-order valence-electron chi connectivity index (χ2n) is 3.22. The van der Waals surface area contributed by atoms with Crippen LogP contribution in [0.1, 0.15) is 5.56 Å². The van der Waals surface area contributed by atoms with Gasteiger partial charge in [-0.05, 0) is 18.6 Å². The van der Waals surface area contributed by atoms with Crippen molar-refractivity contribution in [1.82, 2.24) is 5.32 Å². The molecule has 0 saturated carbocycles. The fourth-order valence-electron chi connectivity index (χ4n) is 1.18. The lowest BCUT2D eigenvalue weighted by Gasteiger charge is -2.26. The number of amides is 1. The fraction of sp³-hybridized carbons (Fsp3) is 0.300. The van der Waals surface area contributed by atoms with E-state index < -0.39 is 9.96 Å². The SMILES string of the molecule is Cc1ccccc1NC(NC=O)C(Cl)(Cl)Cl. The number of carbonyl (C=O) groups excluding carboxylic acids is 1. The monoisotopic (exact) mass is 280 g/mol. The Morgan fingerprint density at radius 3 is 2.44 bits per heavy atom. The van der Waals surface area contributed by atoms with Gasteiger partial charge in [-0.2, -0.15) is 0 Å². The minimum atomic E-state index is -1.62. The summed E-state index contributed by atoms with van der Waals surface area (Å²) in [5, 5.41) is 5.36. The van der Waals surface area contributed by atoms with Crippen molar-refractivity contribution in [1.29, 1.82) is 0 Å². The number of aryl methyl sites for hydroxylation is 1. The standard InChI is InChI=1S/C10H11Cl3N2O/c1-7-4-2-3-5-8(7)15-9(14-6-16)10(11,12)13/h2-6,9,15H,1H3,(H,14,16). The zero-order chi connectivity index (χ0) is 12.2. The van der Waals surface area contributed by atoms with E-state index in [1.165, 1.54) is 0 Å². The Morgan fingerprint density at radius 1 is 1.31 bits per heavy atom. The van der Waals surface area contributed by atoms with Gasteiger partial charge in [0.05, 0.1) is 0 Å².